The average Bonchev–Trinajstić information content (AvgIpc) is 3.00. The number of carbonyl (C=O) groups excluding carboxylic acids is 3. The van der Waals surface area contributed by atoms with Gasteiger partial charge in [-0.2, -0.15) is 13.2 Å². The van der Waals surface area contributed by atoms with Crippen molar-refractivity contribution in [3.63, 3.8) is 0 Å². The van der Waals surface area contributed by atoms with E-state index in [1.54, 1.807) is 18.2 Å². The Bertz CT molecular complexity index is 1250. The molecule has 1 saturated heterocycles. The third kappa shape index (κ3) is 6.54. The minimum atomic E-state index is -4.58. The molecule has 6 nitrogen and oxygen atoms in total. The highest BCUT2D eigenvalue weighted by Gasteiger charge is 2.37. The number of phenols is 1. The van der Waals surface area contributed by atoms with Gasteiger partial charge >= 0.3 is 6.18 Å². The molecule has 0 radical (unpaired) electrons. The maximum absolute atomic E-state index is 13.0. The maximum Gasteiger partial charge on any atom is 0.416 e. The van der Waals surface area contributed by atoms with Crippen molar-refractivity contribution in [2.75, 3.05) is 11.9 Å². The first-order chi connectivity index (χ1) is 16.9. The summed E-state index contributed by atoms with van der Waals surface area (Å²) >= 11 is 0.669. The number of aromatic hydroxyl groups is 1. The number of alkyl halides is 3. The Balaban J connectivity index is 1.85. The molecule has 2 aromatic rings. The minimum Gasteiger partial charge on any atom is -0.507 e. The lowest BCUT2D eigenvalue weighted by Gasteiger charge is -2.28. The number of hydrogen-bond acceptors (Lipinski definition) is 5. The maximum atomic E-state index is 13.0. The number of rotatable bonds is 4. The van der Waals surface area contributed by atoms with Crippen LogP contribution in [-0.4, -0.2) is 33.6 Å². The quantitative estimate of drug-likeness (QED) is 0.427. The third-order valence-corrected chi connectivity index (χ3v) is 6.60. The van der Waals surface area contributed by atoms with Gasteiger partial charge in [0.25, 0.3) is 11.1 Å². The largest absolute Gasteiger partial charge is 0.507 e. The molecule has 0 saturated carbocycles. The van der Waals surface area contributed by atoms with Gasteiger partial charge in [0.15, 0.2) is 0 Å². The van der Waals surface area contributed by atoms with E-state index in [9.17, 15) is 32.7 Å². The molecule has 2 N–H and O–H groups in total. The molecular weight excluding hydrogens is 505 g/mol. The highest BCUT2D eigenvalue weighted by molar-refractivity contribution is 8.18. The van der Waals surface area contributed by atoms with E-state index in [1.807, 2.05) is 41.5 Å². The van der Waals surface area contributed by atoms with E-state index in [0.29, 0.717) is 28.5 Å². The van der Waals surface area contributed by atoms with Gasteiger partial charge in [0.1, 0.15) is 12.3 Å². The summed E-state index contributed by atoms with van der Waals surface area (Å²) in [5.41, 5.74) is 0.167. The van der Waals surface area contributed by atoms with E-state index in [4.69, 9.17) is 0 Å². The fourth-order valence-electron chi connectivity index (χ4n) is 3.79. The first-order valence-electron chi connectivity index (χ1n) is 11.5. The highest BCUT2D eigenvalue weighted by atomic mass is 32.2. The molecule has 0 bridgehead atoms. The molecule has 3 amide bonds. The SMILES string of the molecule is CC(C)(C)c1cc(/C=C2\SC(=O)N(CC(=O)Nc3cccc(C(F)(F)F)c3)C2=O)cc(C(C)(C)C)c1O. The second-order valence-electron chi connectivity index (χ2n) is 10.9. The molecule has 2 aromatic carbocycles. The van der Waals surface area contributed by atoms with Crippen LogP contribution < -0.4 is 5.32 Å². The second-order valence-corrected chi connectivity index (χ2v) is 11.9. The smallest absolute Gasteiger partial charge is 0.416 e. The van der Waals surface area contributed by atoms with Crippen LogP contribution in [0.25, 0.3) is 6.08 Å². The Morgan fingerprint density at radius 2 is 1.57 bits per heavy atom. The Hall–Kier alpha value is -3.27. The van der Waals surface area contributed by atoms with Gasteiger partial charge in [-0.1, -0.05) is 47.6 Å². The molecular formula is C27H29F3N2O4S. The van der Waals surface area contributed by atoms with Crippen molar-refractivity contribution in [2.45, 2.75) is 58.5 Å². The lowest BCUT2D eigenvalue weighted by molar-refractivity contribution is -0.137. The lowest BCUT2D eigenvalue weighted by atomic mass is 9.78. The lowest BCUT2D eigenvalue weighted by Crippen LogP contribution is -2.36. The number of carbonyl (C=O) groups is 3. The van der Waals surface area contributed by atoms with Crippen molar-refractivity contribution in [3.05, 3.63) is 63.6 Å². The second kappa shape index (κ2) is 9.89. The molecule has 198 valence electrons. The van der Waals surface area contributed by atoms with Crippen LogP contribution in [0.1, 0.15) is 63.8 Å². The zero-order chi connectivity index (χ0) is 27.9. The molecule has 1 aliphatic rings. The summed E-state index contributed by atoms with van der Waals surface area (Å²) < 4.78 is 38.8. The molecule has 0 spiro atoms. The molecule has 0 aliphatic carbocycles. The monoisotopic (exact) mass is 534 g/mol. The van der Waals surface area contributed by atoms with Crippen LogP contribution >= 0.6 is 11.8 Å². The van der Waals surface area contributed by atoms with Gasteiger partial charge in [0.05, 0.1) is 10.5 Å². The number of nitrogens with zero attached hydrogens (tertiary/aromatic N) is 1. The van der Waals surface area contributed by atoms with Gasteiger partial charge in [-0.15, -0.1) is 0 Å². The number of phenolic OH excluding ortho intramolecular Hbond substituents is 1. The number of halogens is 3. The summed E-state index contributed by atoms with van der Waals surface area (Å²) in [6, 6.07) is 7.60. The molecule has 0 atom stereocenters. The summed E-state index contributed by atoms with van der Waals surface area (Å²) in [5.74, 6) is -1.31. The van der Waals surface area contributed by atoms with Gasteiger partial charge in [0, 0.05) is 16.8 Å². The van der Waals surface area contributed by atoms with Gasteiger partial charge in [0.2, 0.25) is 5.91 Å². The molecule has 37 heavy (non-hydrogen) atoms. The summed E-state index contributed by atoms with van der Waals surface area (Å²) in [6.45, 7) is 11.1. The van der Waals surface area contributed by atoms with E-state index < -0.39 is 46.2 Å². The van der Waals surface area contributed by atoms with Crippen molar-refractivity contribution in [1.82, 2.24) is 4.90 Å². The average molecular weight is 535 g/mol. The number of amides is 3. The molecule has 0 unspecified atom stereocenters. The topological polar surface area (TPSA) is 86.7 Å². The number of imide groups is 1. The van der Waals surface area contributed by atoms with E-state index in [2.05, 4.69) is 5.32 Å². The molecule has 1 aliphatic heterocycles. The van der Waals surface area contributed by atoms with Crippen molar-refractivity contribution in [2.24, 2.45) is 0 Å². The van der Waals surface area contributed by atoms with Crippen molar-refractivity contribution in [1.29, 1.82) is 0 Å². The van der Waals surface area contributed by atoms with Crippen LogP contribution in [0.15, 0.2) is 41.3 Å². The summed E-state index contributed by atoms with van der Waals surface area (Å²) in [7, 11) is 0. The zero-order valence-corrected chi connectivity index (χ0v) is 22.2. The van der Waals surface area contributed by atoms with E-state index in [-0.39, 0.29) is 16.3 Å². The molecule has 10 heteroatoms. The Labute approximate surface area is 217 Å². The van der Waals surface area contributed by atoms with Crippen molar-refractivity contribution < 1.29 is 32.7 Å². The summed E-state index contributed by atoms with van der Waals surface area (Å²) in [4.78, 5) is 38.8. The normalized spacial score (nSPS) is 16.0. The van der Waals surface area contributed by atoms with Crippen LogP contribution in [-0.2, 0) is 26.6 Å². The van der Waals surface area contributed by atoms with E-state index in [0.717, 1.165) is 23.1 Å². The Morgan fingerprint density at radius 1 is 1.00 bits per heavy atom. The van der Waals surface area contributed by atoms with E-state index >= 15 is 0 Å². The zero-order valence-electron chi connectivity index (χ0n) is 21.4. The van der Waals surface area contributed by atoms with Crippen molar-refractivity contribution in [3.8, 4) is 5.75 Å². The summed E-state index contributed by atoms with van der Waals surface area (Å²) in [5, 5.41) is 12.5. The number of nitrogens with one attached hydrogen (secondary N) is 1. The van der Waals surface area contributed by atoms with Gasteiger partial charge < -0.3 is 10.4 Å². The predicted molar refractivity (Wildman–Crippen MR) is 138 cm³/mol. The van der Waals surface area contributed by atoms with Crippen LogP contribution in [0.5, 0.6) is 5.75 Å². The number of hydrogen-bond donors (Lipinski definition) is 2. The van der Waals surface area contributed by atoms with E-state index in [1.165, 1.54) is 6.07 Å². The first kappa shape index (κ1) is 28.3. The van der Waals surface area contributed by atoms with Gasteiger partial charge in [-0.25, -0.2) is 0 Å². The van der Waals surface area contributed by atoms with Crippen LogP contribution in [0.3, 0.4) is 0 Å². The summed E-state index contributed by atoms with van der Waals surface area (Å²) in [6.07, 6.45) is -3.04. The number of benzene rings is 2. The fraction of sp³-hybridized carbons (Fsp3) is 0.370. The number of anilines is 1. The first-order valence-corrected chi connectivity index (χ1v) is 12.3. The molecule has 1 fully saturated rings. The van der Waals surface area contributed by atoms with Crippen molar-refractivity contribution >= 4 is 40.6 Å². The predicted octanol–water partition coefficient (Wildman–Crippen LogP) is 6.68. The number of thioether (sulfide) groups is 1. The Kier molecular flexibility index (Phi) is 7.56. The molecule has 3 rings (SSSR count). The molecule has 1 heterocycles. The third-order valence-electron chi connectivity index (χ3n) is 5.70. The van der Waals surface area contributed by atoms with Crippen LogP contribution in [0.4, 0.5) is 23.7 Å². The minimum absolute atomic E-state index is 0.0993. The highest BCUT2D eigenvalue weighted by Crippen LogP contribution is 2.41. The van der Waals surface area contributed by atoms with Crippen LogP contribution in [0.2, 0.25) is 0 Å². The molecule has 0 aromatic heterocycles. The van der Waals surface area contributed by atoms with Gasteiger partial charge in [-0.3, -0.25) is 19.3 Å². The fourth-order valence-corrected chi connectivity index (χ4v) is 4.63. The van der Waals surface area contributed by atoms with Gasteiger partial charge in [-0.05, 0) is 64.6 Å². The Morgan fingerprint density at radius 3 is 2.08 bits per heavy atom. The standard InChI is InChI=1S/C27H29F3N2O4S/c1-25(2,3)18-10-15(11-19(22(18)34)26(4,5)6)12-20-23(35)32(24(36)37-20)14-21(33)31-17-9-7-8-16(13-17)27(28,29)30/h7-13,34H,14H2,1-6H3,(H,31,33)/b20-12-. The van der Waals surface area contributed by atoms with Crippen LogP contribution in [0, 0.1) is 0 Å².